The summed E-state index contributed by atoms with van der Waals surface area (Å²) in [5, 5.41) is 7.73. The van der Waals surface area contributed by atoms with E-state index in [1.54, 1.807) is 9.58 Å². The fourth-order valence-electron chi connectivity index (χ4n) is 3.82. The number of aryl methyl sites for hydroxylation is 1. The number of carbonyl (C=O) groups excluding carboxylic acids is 2. The van der Waals surface area contributed by atoms with Crippen LogP contribution in [0.2, 0.25) is 0 Å². The first-order chi connectivity index (χ1) is 17.0. The molecular weight excluding hydrogens is 436 g/mol. The maximum Gasteiger partial charge on any atom is 0.254 e. The van der Waals surface area contributed by atoms with E-state index >= 15 is 0 Å². The van der Waals surface area contributed by atoms with Gasteiger partial charge >= 0.3 is 0 Å². The Hall–Kier alpha value is -4.19. The molecule has 1 heterocycles. The third-order valence-corrected chi connectivity index (χ3v) is 5.75. The van der Waals surface area contributed by atoms with Gasteiger partial charge in [-0.25, -0.2) is 4.68 Å². The second kappa shape index (κ2) is 11.3. The first-order valence-corrected chi connectivity index (χ1v) is 11.9. The monoisotopic (exact) mass is 466 g/mol. The summed E-state index contributed by atoms with van der Waals surface area (Å²) in [4.78, 5) is 27.9. The number of aromatic nitrogens is 2. The van der Waals surface area contributed by atoms with Gasteiger partial charge < -0.3 is 10.2 Å². The Morgan fingerprint density at radius 3 is 2.23 bits per heavy atom. The number of nitrogens with zero attached hydrogens (tertiary/aromatic N) is 3. The summed E-state index contributed by atoms with van der Waals surface area (Å²) in [5.41, 5.74) is 4.21. The fourth-order valence-corrected chi connectivity index (χ4v) is 3.82. The topological polar surface area (TPSA) is 67.2 Å². The molecule has 4 rings (SSSR count). The van der Waals surface area contributed by atoms with Gasteiger partial charge in [0.2, 0.25) is 5.91 Å². The van der Waals surface area contributed by atoms with Crippen molar-refractivity contribution >= 4 is 17.6 Å². The average Bonchev–Trinajstić information content (AvgIpc) is 3.31. The molecule has 0 bridgehead atoms. The van der Waals surface area contributed by atoms with Crippen molar-refractivity contribution in [3.8, 4) is 16.9 Å². The van der Waals surface area contributed by atoms with Crippen molar-refractivity contribution in [2.45, 2.75) is 26.7 Å². The van der Waals surface area contributed by atoms with Gasteiger partial charge in [0, 0.05) is 23.7 Å². The number of rotatable bonds is 9. The van der Waals surface area contributed by atoms with Gasteiger partial charge in [-0.05, 0) is 37.6 Å². The minimum atomic E-state index is -0.266. The number of hydrogen-bond acceptors (Lipinski definition) is 3. The molecule has 178 valence electrons. The van der Waals surface area contributed by atoms with E-state index in [0.717, 1.165) is 35.3 Å². The first-order valence-electron chi connectivity index (χ1n) is 11.9. The third kappa shape index (κ3) is 6.03. The van der Waals surface area contributed by atoms with Gasteiger partial charge in [-0.1, -0.05) is 79.6 Å². The van der Waals surface area contributed by atoms with Crippen molar-refractivity contribution in [1.82, 2.24) is 14.7 Å². The van der Waals surface area contributed by atoms with Gasteiger partial charge in [0.1, 0.15) is 12.4 Å². The lowest BCUT2D eigenvalue weighted by atomic mass is 10.1. The number of unbranched alkanes of at least 4 members (excludes halogenated alkanes) is 1. The van der Waals surface area contributed by atoms with Gasteiger partial charge in [0.25, 0.3) is 5.91 Å². The zero-order valence-electron chi connectivity index (χ0n) is 20.1. The molecule has 6 nitrogen and oxygen atoms in total. The Kier molecular flexibility index (Phi) is 7.73. The lowest BCUT2D eigenvalue weighted by molar-refractivity contribution is -0.116. The van der Waals surface area contributed by atoms with Gasteiger partial charge in [0.15, 0.2) is 0 Å². The van der Waals surface area contributed by atoms with Crippen molar-refractivity contribution in [2.24, 2.45) is 0 Å². The summed E-state index contributed by atoms with van der Waals surface area (Å²) in [5.74, 6) is 0.145. The molecule has 6 heteroatoms. The van der Waals surface area contributed by atoms with Crippen LogP contribution in [0.15, 0.2) is 91.0 Å². The van der Waals surface area contributed by atoms with Crippen LogP contribution in [0.5, 0.6) is 0 Å². The molecule has 0 aliphatic heterocycles. The SMILES string of the molecule is CCCCN(CC(=O)Nc1cc(-c2ccccc2)nn1-c1ccccc1)C(=O)c1ccc(C)cc1. The predicted octanol–water partition coefficient (Wildman–Crippen LogP) is 5.73. The number of benzene rings is 3. The minimum Gasteiger partial charge on any atom is -0.329 e. The summed E-state index contributed by atoms with van der Waals surface area (Å²) >= 11 is 0. The quantitative estimate of drug-likeness (QED) is 0.343. The molecule has 0 atom stereocenters. The van der Waals surface area contributed by atoms with Gasteiger partial charge in [-0.3, -0.25) is 9.59 Å². The molecule has 0 unspecified atom stereocenters. The van der Waals surface area contributed by atoms with Crippen molar-refractivity contribution in [2.75, 3.05) is 18.4 Å². The summed E-state index contributed by atoms with van der Waals surface area (Å²) in [7, 11) is 0. The molecule has 2 amide bonds. The highest BCUT2D eigenvalue weighted by atomic mass is 16.2. The van der Waals surface area contributed by atoms with Gasteiger partial charge in [-0.2, -0.15) is 5.10 Å². The second-order valence-corrected chi connectivity index (χ2v) is 8.52. The minimum absolute atomic E-state index is 0.0344. The van der Waals surface area contributed by atoms with Crippen LogP contribution in [0.4, 0.5) is 5.82 Å². The normalized spacial score (nSPS) is 10.7. The molecule has 0 saturated heterocycles. The van der Waals surface area contributed by atoms with Gasteiger partial charge in [0.05, 0.1) is 11.4 Å². The Bertz CT molecular complexity index is 1270. The molecule has 0 fully saturated rings. The molecule has 1 aromatic heterocycles. The Morgan fingerprint density at radius 1 is 0.914 bits per heavy atom. The molecule has 35 heavy (non-hydrogen) atoms. The number of hydrogen-bond donors (Lipinski definition) is 1. The Morgan fingerprint density at radius 2 is 1.57 bits per heavy atom. The third-order valence-electron chi connectivity index (χ3n) is 5.75. The van der Waals surface area contributed by atoms with E-state index < -0.39 is 0 Å². The van der Waals surface area contributed by atoms with E-state index in [4.69, 9.17) is 5.10 Å². The second-order valence-electron chi connectivity index (χ2n) is 8.52. The number of carbonyl (C=O) groups is 2. The van der Waals surface area contributed by atoms with Crippen LogP contribution < -0.4 is 5.32 Å². The molecule has 0 radical (unpaired) electrons. The largest absolute Gasteiger partial charge is 0.329 e. The maximum absolute atomic E-state index is 13.2. The summed E-state index contributed by atoms with van der Waals surface area (Å²) in [6.45, 7) is 4.53. The summed E-state index contributed by atoms with van der Waals surface area (Å²) in [6.07, 6.45) is 1.76. The summed E-state index contributed by atoms with van der Waals surface area (Å²) in [6, 6.07) is 28.8. The molecule has 0 saturated carbocycles. The fraction of sp³-hybridized carbons (Fsp3) is 0.207. The molecule has 3 aromatic carbocycles. The van der Waals surface area contributed by atoms with Crippen LogP contribution in [0.3, 0.4) is 0 Å². The smallest absolute Gasteiger partial charge is 0.254 e. The van der Waals surface area contributed by atoms with Crippen molar-refractivity contribution in [1.29, 1.82) is 0 Å². The Labute approximate surface area is 206 Å². The molecule has 0 aliphatic carbocycles. The lowest BCUT2D eigenvalue weighted by Gasteiger charge is -2.22. The lowest BCUT2D eigenvalue weighted by Crippen LogP contribution is -2.39. The highest BCUT2D eigenvalue weighted by Gasteiger charge is 2.20. The highest BCUT2D eigenvalue weighted by Crippen LogP contribution is 2.24. The van der Waals surface area contributed by atoms with E-state index in [9.17, 15) is 9.59 Å². The van der Waals surface area contributed by atoms with E-state index in [2.05, 4.69) is 12.2 Å². The van der Waals surface area contributed by atoms with E-state index in [-0.39, 0.29) is 18.4 Å². The van der Waals surface area contributed by atoms with E-state index in [0.29, 0.717) is 17.9 Å². The van der Waals surface area contributed by atoms with Gasteiger partial charge in [-0.15, -0.1) is 0 Å². The molecule has 4 aromatic rings. The van der Waals surface area contributed by atoms with Crippen molar-refractivity contribution < 1.29 is 9.59 Å². The molecule has 1 N–H and O–H groups in total. The van der Waals surface area contributed by atoms with E-state index in [1.807, 2.05) is 97.9 Å². The Balaban J connectivity index is 1.58. The number of para-hydroxylation sites is 1. The zero-order chi connectivity index (χ0) is 24.6. The molecular formula is C29H30N4O2. The zero-order valence-corrected chi connectivity index (χ0v) is 20.1. The molecule has 0 aliphatic rings. The number of amides is 2. The number of nitrogens with one attached hydrogen (secondary N) is 1. The van der Waals surface area contributed by atoms with Crippen LogP contribution in [-0.2, 0) is 4.79 Å². The van der Waals surface area contributed by atoms with Crippen LogP contribution in [0, 0.1) is 6.92 Å². The maximum atomic E-state index is 13.2. The van der Waals surface area contributed by atoms with Crippen LogP contribution in [0.25, 0.3) is 16.9 Å². The average molecular weight is 467 g/mol. The van der Waals surface area contributed by atoms with Crippen molar-refractivity contribution in [3.63, 3.8) is 0 Å². The molecule has 0 spiro atoms. The predicted molar refractivity (Wildman–Crippen MR) is 140 cm³/mol. The van der Waals surface area contributed by atoms with Crippen LogP contribution >= 0.6 is 0 Å². The summed E-state index contributed by atoms with van der Waals surface area (Å²) < 4.78 is 1.72. The number of anilines is 1. The van der Waals surface area contributed by atoms with Crippen LogP contribution in [0.1, 0.15) is 35.7 Å². The van der Waals surface area contributed by atoms with Crippen molar-refractivity contribution in [3.05, 3.63) is 102 Å². The highest BCUT2D eigenvalue weighted by molar-refractivity contribution is 5.99. The standard InChI is InChI=1S/C29H30N4O2/c1-3-4-19-32(29(35)24-17-15-22(2)16-18-24)21-28(34)30-27-20-26(23-11-7-5-8-12-23)31-33(27)25-13-9-6-10-14-25/h5-18,20H,3-4,19,21H2,1-2H3,(H,30,34). The van der Waals surface area contributed by atoms with Crippen LogP contribution in [-0.4, -0.2) is 39.6 Å². The van der Waals surface area contributed by atoms with E-state index in [1.165, 1.54) is 0 Å². The first kappa shape index (κ1) is 24.0.